The normalized spacial score (nSPS) is 11.3. The first-order valence-corrected chi connectivity index (χ1v) is 13.6. The van der Waals surface area contributed by atoms with Gasteiger partial charge in [0.2, 0.25) is 0 Å². The highest BCUT2D eigenvalue weighted by molar-refractivity contribution is 5.76. The van der Waals surface area contributed by atoms with Crippen molar-refractivity contribution in [2.45, 2.75) is 32.6 Å². The van der Waals surface area contributed by atoms with E-state index in [0.29, 0.717) is 13.0 Å². The molecule has 0 aliphatic carbocycles. The van der Waals surface area contributed by atoms with Crippen LogP contribution in [-0.2, 0) is 5.41 Å². The fraction of sp³-hybridized carbons (Fsp3) is 0.167. The van der Waals surface area contributed by atoms with E-state index in [1.807, 2.05) is 36.4 Å². The minimum Gasteiger partial charge on any atom is -0.508 e. The smallest absolute Gasteiger partial charge is 0.119 e. The van der Waals surface area contributed by atoms with Crippen molar-refractivity contribution >= 4 is 17.1 Å². The molecule has 0 unspecified atom stereocenters. The first kappa shape index (κ1) is 26.9. The highest BCUT2D eigenvalue weighted by Crippen LogP contribution is 2.38. The van der Waals surface area contributed by atoms with Gasteiger partial charge in [-0.2, -0.15) is 0 Å². The molecule has 0 fully saturated rings. The second-order valence-corrected chi connectivity index (χ2v) is 10.5. The average Bonchev–Trinajstić information content (AvgIpc) is 2.96. The van der Waals surface area contributed by atoms with E-state index in [0.717, 1.165) is 33.9 Å². The Hall–Kier alpha value is -4.70. The summed E-state index contributed by atoms with van der Waals surface area (Å²) in [5.74, 6) is 1.27. The minimum atomic E-state index is -0.366. The van der Waals surface area contributed by atoms with Crippen LogP contribution >= 0.6 is 0 Å². The van der Waals surface area contributed by atoms with E-state index in [2.05, 4.69) is 86.3 Å². The molecule has 0 radical (unpaired) electrons. The van der Waals surface area contributed by atoms with E-state index >= 15 is 0 Å². The summed E-state index contributed by atoms with van der Waals surface area (Å²) in [6, 6.07) is 40.0. The zero-order valence-corrected chi connectivity index (χ0v) is 23.2. The minimum absolute atomic E-state index is 0.235. The third-order valence-electron chi connectivity index (χ3n) is 7.56. The van der Waals surface area contributed by atoms with Crippen LogP contribution < -0.4 is 9.64 Å². The fourth-order valence-corrected chi connectivity index (χ4v) is 5.01. The summed E-state index contributed by atoms with van der Waals surface area (Å²) in [6.07, 6.45) is 0.711. The quantitative estimate of drug-likeness (QED) is 0.200. The number of aromatic hydroxyl groups is 2. The zero-order valence-electron chi connectivity index (χ0n) is 23.2. The standard InChI is InChI=1S/C36H35NO3/c1-26-4-12-30(13-5-26)37(31-14-6-27(2)7-15-31)32-16-22-35(23-17-32)40-25-24-36(3,28-8-18-33(38)19-9-28)29-10-20-34(39)21-11-29/h4-23,38-39H,24-25H2,1-3H3. The van der Waals surface area contributed by atoms with Crippen LogP contribution in [-0.4, -0.2) is 16.8 Å². The van der Waals surface area contributed by atoms with Gasteiger partial charge in [0.25, 0.3) is 0 Å². The Morgan fingerprint density at radius 1 is 0.550 bits per heavy atom. The molecule has 5 aromatic carbocycles. The molecule has 0 saturated carbocycles. The topological polar surface area (TPSA) is 52.9 Å². The highest BCUT2D eigenvalue weighted by Gasteiger charge is 2.29. The van der Waals surface area contributed by atoms with Crippen molar-refractivity contribution in [3.8, 4) is 17.2 Å². The maximum Gasteiger partial charge on any atom is 0.119 e. The van der Waals surface area contributed by atoms with Crippen LogP contribution in [0.5, 0.6) is 17.2 Å². The van der Waals surface area contributed by atoms with Crippen molar-refractivity contribution in [2.24, 2.45) is 0 Å². The third kappa shape index (κ3) is 5.97. The largest absolute Gasteiger partial charge is 0.508 e. The molecule has 40 heavy (non-hydrogen) atoms. The van der Waals surface area contributed by atoms with Gasteiger partial charge in [-0.1, -0.05) is 66.6 Å². The Morgan fingerprint density at radius 3 is 1.32 bits per heavy atom. The summed E-state index contributed by atoms with van der Waals surface area (Å²) in [5.41, 5.74) is 7.48. The van der Waals surface area contributed by atoms with Gasteiger partial charge in [0, 0.05) is 22.5 Å². The molecule has 202 valence electrons. The Kier molecular flexibility index (Phi) is 7.79. The molecular formula is C36H35NO3. The third-order valence-corrected chi connectivity index (χ3v) is 7.56. The van der Waals surface area contributed by atoms with Gasteiger partial charge >= 0.3 is 0 Å². The van der Waals surface area contributed by atoms with Gasteiger partial charge < -0.3 is 19.8 Å². The van der Waals surface area contributed by atoms with E-state index in [1.165, 1.54) is 11.1 Å². The summed E-state index contributed by atoms with van der Waals surface area (Å²) in [4.78, 5) is 2.25. The first-order chi connectivity index (χ1) is 19.3. The number of anilines is 3. The molecule has 0 spiro atoms. The number of hydrogen-bond donors (Lipinski definition) is 2. The van der Waals surface area contributed by atoms with Crippen LogP contribution in [0, 0.1) is 13.8 Å². The lowest BCUT2D eigenvalue weighted by atomic mass is 9.74. The van der Waals surface area contributed by atoms with Crippen molar-refractivity contribution < 1.29 is 14.9 Å². The molecule has 5 rings (SSSR count). The summed E-state index contributed by atoms with van der Waals surface area (Å²) >= 11 is 0. The average molecular weight is 530 g/mol. The Balaban J connectivity index is 1.35. The molecular weight excluding hydrogens is 494 g/mol. The number of benzene rings is 5. The zero-order chi connectivity index (χ0) is 28.1. The van der Waals surface area contributed by atoms with Gasteiger partial charge in [-0.15, -0.1) is 0 Å². The fourth-order valence-electron chi connectivity index (χ4n) is 5.01. The number of ether oxygens (including phenoxy) is 1. The first-order valence-electron chi connectivity index (χ1n) is 13.6. The predicted octanol–water partition coefficient (Wildman–Crippen LogP) is 8.96. The second kappa shape index (κ2) is 11.6. The predicted molar refractivity (Wildman–Crippen MR) is 163 cm³/mol. The lowest BCUT2D eigenvalue weighted by Gasteiger charge is -2.31. The van der Waals surface area contributed by atoms with E-state index < -0.39 is 0 Å². The van der Waals surface area contributed by atoms with Crippen molar-refractivity contribution in [3.63, 3.8) is 0 Å². The van der Waals surface area contributed by atoms with E-state index in [4.69, 9.17) is 4.74 Å². The molecule has 2 N–H and O–H groups in total. The Labute approximate surface area is 236 Å². The van der Waals surface area contributed by atoms with E-state index in [-0.39, 0.29) is 16.9 Å². The van der Waals surface area contributed by atoms with Gasteiger partial charge in [-0.3, -0.25) is 0 Å². The van der Waals surface area contributed by atoms with E-state index in [9.17, 15) is 10.2 Å². The summed E-state index contributed by atoms with van der Waals surface area (Å²) in [7, 11) is 0. The molecule has 0 aromatic heterocycles. The number of nitrogens with zero attached hydrogens (tertiary/aromatic N) is 1. The van der Waals surface area contributed by atoms with Gasteiger partial charge in [-0.25, -0.2) is 0 Å². The molecule has 0 bridgehead atoms. The van der Waals surface area contributed by atoms with Crippen LogP contribution in [0.15, 0.2) is 121 Å². The summed E-state index contributed by atoms with van der Waals surface area (Å²) in [5, 5.41) is 19.6. The maximum absolute atomic E-state index is 9.82. The molecule has 0 aliphatic heterocycles. The van der Waals surface area contributed by atoms with Crippen molar-refractivity contribution in [1.82, 2.24) is 0 Å². The monoisotopic (exact) mass is 529 g/mol. The number of hydrogen-bond acceptors (Lipinski definition) is 4. The lowest BCUT2D eigenvalue weighted by molar-refractivity contribution is 0.280. The van der Waals surface area contributed by atoms with Crippen LogP contribution in [0.25, 0.3) is 0 Å². The Bertz CT molecular complexity index is 1430. The summed E-state index contributed by atoms with van der Waals surface area (Å²) in [6.45, 7) is 6.86. The number of phenols is 2. The molecule has 4 heteroatoms. The molecule has 0 aliphatic rings. The Morgan fingerprint density at radius 2 is 0.925 bits per heavy atom. The van der Waals surface area contributed by atoms with Gasteiger partial charge in [0.1, 0.15) is 17.2 Å². The van der Waals surface area contributed by atoms with Gasteiger partial charge in [-0.05, 0) is 104 Å². The maximum atomic E-state index is 9.82. The lowest BCUT2D eigenvalue weighted by Crippen LogP contribution is -2.26. The van der Waals surface area contributed by atoms with Gasteiger partial charge in [0.15, 0.2) is 0 Å². The highest BCUT2D eigenvalue weighted by atomic mass is 16.5. The molecule has 0 heterocycles. The number of phenolic OH excluding ortho intramolecular Hbond substituents is 2. The van der Waals surface area contributed by atoms with Crippen LogP contribution in [0.1, 0.15) is 35.6 Å². The van der Waals surface area contributed by atoms with Crippen LogP contribution in [0.2, 0.25) is 0 Å². The molecule has 0 saturated heterocycles. The van der Waals surface area contributed by atoms with Crippen molar-refractivity contribution in [2.75, 3.05) is 11.5 Å². The SMILES string of the molecule is Cc1ccc(N(c2ccc(C)cc2)c2ccc(OCCC(C)(c3ccc(O)cc3)c3ccc(O)cc3)cc2)cc1. The summed E-state index contributed by atoms with van der Waals surface area (Å²) < 4.78 is 6.25. The van der Waals surface area contributed by atoms with Crippen LogP contribution in [0.4, 0.5) is 17.1 Å². The molecule has 4 nitrogen and oxygen atoms in total. The van der Waals surface area contributed by atoms with Crippen LogP contribution in [0.3, 0.4) is 0 Å². The van der Waals surface area contributed by atoms with Crippen molar-refractivity contribution in [3.05, 3.63) is 144 Å². The molecule has 0 amide bonds. The molecule has 0 atom stereocenters. The van der Waals surface area contributed by atoms with E-state index in [1.54, 1.807) is 24.3 Å². The van der Waals surface area contributed by atoms with Gasteiger partial charge in [0.05, 0.1) is 6.61 Å². The van der Waals surface area contributed by atoms with Crippen molar-refractivity contribution in [1.29, 1.82) is 0 Å². The number of rotatable bonds is 9. The second-order valence-electron chi connectivity index (χ2n) is 10.5. The molecule has 5 aromatic rings. The number of aryl methyl sites for hydroxylation is 2.